The smallest absolute Gasteiger partial charge is 0.281 e. The van der Waals surface area contributed by atoms with Gasteiger partial charge < -0.3 is 34.6 Å². The van der Waals surface area contributed by atoms with Crippen LogP contribution in [0.5, 0.6) is 34.5 Å². The lowest BCUT2D eigenvalue weighted by atomic mass is 9.82. The number of fused-ring (bicyclic) bond motifs is 4. The van der Waals surface area contributed by atoms with Crippen molar-refractivity contribution in [1.82, 2.24) is 0 Å². The minimum absolute atomic E-state index is 0.0167. The number of hydrogen-bond donors (Lipinski definition) is 4. The van der Waals surface area contributed by atoms with E-state index < -0.39 is 23.4 Å². The summed E-state index contributed by atoms with van der Waals surface area (Å²) in [6, 6.07) is 3.43. The Balaban J connectivity index is 1.95. The average Bonchev–Trinajstić information content (AvgIpc) is 2.93. The van der Waals surface area contributed by atoms with Crippen molar-refractivity contribution in [3.8, 4) is 34.5 Å². The highest BCUT2D eigenvalue weighted by Gasteiger charge is 2.62. The molecule has 0 bridgehead atoms. The minimum Gasteiger partial charge on any atom is -0.508 e. The molecule has 2 aliphatic rings. The first kappa shape index (κ1) is 18.9. The number of phenolic OH excluding ortho intramolecular Hbond substituents is 3. The first-order valence-electron chi connectivity index (χ1n) is 8.91. The van der Waals surface area contributed by atoms with Crippen LogP contribution in [0.25, 0.3) is 0 Å². The molecule has 2 atom stereocenters. The van der Waals surface area contributed by atoms with Gasteiger partial charge in [-0.15, -0.1) is 0 Å². The summed E-state index contributed by atoms with van der Waals surface area (Å²) in [5.74, 6) is -1.83. The SMILES string of the molecule is COc1cc(O)c(CC=C(C)C)c2c1[C@]1(O)C(=O)c3c(O)cc(O)cc3O[C@@H]1O2. The van der Waals surface area contributed by atoms with Crippen LogP contribution in [0.15, 0.2) is 29.8 Å². The van der Waals surface area contributed by atoms with Crippen molar-refractivity contribution in [1.29, 1.82) is 0 Å². The molecule has 0 aliphatic carbocycles. The van der Waals surface area contributed by atoms with Crippen LogP contribution in [-0.2, 0) is 12.0 Å². The van der Waals surface area contributed by atoms with Gasteiger partial charge in [-0.05, 0) is 20.3 Å². The molecule has 2 heterocycles. The Hall–Kier alpha value is -3.39. The zero-order chi connectivity index (χ0) is 21.1. The molecule has 0 aromatic heterocycles. The molecule has 29 heavy (non-hydrogen) atoms. The molecule has 0 saturated carbocycles. The molecular formula is C21H20O8. The maximum atomic E-state index is 13.3. The van der Waals surface area contributed by atoms with Gasteiger partial charge in [0, 0.05) is 23.8 Å². The summed E-state index contributed by atoms with van der Waals surface area (Å²) in [6.45, 7) is 3.79. The molecule has 4 N–H and O–H groups in total. The first-order chi connectivity index (χ1) is 13.7. The number of carbonyl (C=O) groups is 1. The van der Waals surface area contributed by atoms with Crippen LogP contribution >= 0.6 is 0 Å². The molecule has 8 heteroatoms. The van der Waals surface area contributed by atoms with E-state index in [4.69, 9.17) is 14.2 Å². The zero-order valence-electron chi connectivity index (χ0n) is 16.0. The monoisotopic (exact) mass is 400 g/mol. The summed E-state index contributed by atoms with van der Waals surface area (Å²) >= 11 is 0. The summed E-state index contributed by atoms with van der Waals surface area (Å²) in [6.07, 6.45) is 0.662. The van der Waals surface area contributed by atoms with Crippen LogP contribution in [0, 0.1) is 0 Å². The lowest BCUT2D eigenvalue weighted by Gasteiger charge is -2.33. The van der Waals surface area contributed by atoms with E-state index in [-0.39, 0.29) is 46.3 Å². The normalized spacial score (nSPS) is 21.4. The lowest BCUT2D eigenvalue weighted by molar-refractivity contribution is -0.119. The molecule has 2 aliphatic heterocycles. The summed E-state index contributed by atoms with van der Waals surface area (Å²) < 4.78 is 16.7. The molecule has 2 aromatic rings. The number of aromatic hydroxyl groups is 3. The summed E-state index contributed by atoms with van der Waals surface area (Å²) in [7, 11) is 1.33. The fourth-order valence-corrected chi connectivity index (χ4v) is 3.67. The second kappa shape index (κ2) is 6.31. The Kier molecular flexibility index (Phi) is 4.13. The van der Waals surface area contributed by atoms with E-state index in [0.717, 1.165) is 17.7 Å². The van der Waals surface area contributed by atoms with Crippen LogP contribution in [-0.4, -0.2) is 39.6 Å². The Bertz CT molecular complexity index is 1070. The number of aliphatic hydroxyl groups is 1. The molecular weight excluding hydrogens is 380 g/mol. The van der Waals surface area contributed by atoms with E-state index in [1.165, 1.54) is 13.2 Å². The van der Waals surface area contributed by atoms with E-state index in [9.17, 15) is 25.2 Å². The van der Waals surface area contributed by atoms with Crippen molar-refractivity contribution < 1.29 is 39.4 Å². The fourth-order valence-electron chi connectivity index (χ4n) is 3.67. The van der Waals surface area contributed by atoms with E-state index in [0.29, 0.717) is 5.56 Å². The third-order valence-corrected chi connectivity index (χ3v) is 5.08. The van der Waals surface area contributed by atoms with Gasteiger partial charge in [-0.1, -0.05) is 11.6 Å². The van der Waals surface area contributed by atoms with E-state index in [1.54, 1.807) is 0 Å². The van der Waals surface area contributed by atoms with Crippen molar-refractivity contribution >= 4 is 5.78 Å². The average molecular weight is 400 g/mol. The van der Waals surface area contributed by atoms with Crippen LogP contribution in [0.1, 0.15) is 35.3 Å². The predicted molar refractivity (Wildman–Crippen MR) is 101 cm³/mol. The van der Waals surface area contributed by atoms with Gasteiger partial charge in [-0.2, -0.15) is 0 Å². The van der Waals surface area contributed by atoms with Gasteiger partial charge in [0.15, 0.2) is 0 Å². The van der Waals surface area contributed by atoms with Crippen LogP contribution in [0.4, 0.5) is 0 Å². The number of carbonyl (C=O) groups excluding carboxylic acids is 1. The Morgan fingerprint density at radius 1 is 1.17 bits per heavy atom. The first-order valence-corrected chi connectivity index (χ1v) is 8.91. The van der Waals surface area contributed by atoms with Gasteiger partial charge in [-0.3, -0.25) is 4.79 Å². The van der Waals surface area contributed by atoms with Crippen LogP contribution in [0.3, 0.4) is 0 Å². The molecule has 0 spiro atoms. The lowest BCUT2D eigenvalue weighted by Crippen LogP contribution is -2.51. The summed E-state index contributed by atoms with van der Waals surface area (Å²) in [5.41, 5.74) is -1.21. The molecule has 0 fully saturated rings. The quantitative estimate of drug-likeness (QED) is 0.579. The fraction of sp³-hybridized carbons (Fsp3) is 0.286. The summed E-state index contributed by atoms with van der Waals surface area (Å²) in [4.78, 5) is 13.3. The molecule has 2 aromatic carbocycles. The molecule has 4 rings (SSSR count). The number of methoxy groups -OCH3 is 1. The maximum absolute atomic E-state index is 13.3. The largest absolute Gasteiger partial charge is 0.508 e. The van der Waals surface area contributed by atoms with Gasteiger partial charge in [0.1, 0.15) is 40.1 Å². The molecule has 0 radical (unpaired) electrons. The number of benzene rings is 2. The topological polar surface area (TPSA) is 126 Å². The number of hydrogen-bond acceptors (Lipinski definition) is 8. The van der Waals surface area contributed by atoms with Gasteiger partial charge in [0.05, 0.1) is 12.7 Å². The van der Waals surface area contributed by atoms with Crippen molar-refractivity contribution in [2.24, 2.45) is 0 Å². The third-order valence-electron chi connectivity index (χ3n) is 5.08. The van der Waals surface area contributed by atoms with Crippen molar-refractivity contribution in [2.45, 2.75) is 32.2 Å². The van der Waals surface area contributed by atoms with Gasteiger partial charge in [0.2, 0.25) is 11.4 Å². The standard InChI is InChI=1S/C21H20O8/c1-9(2)4-5-11-12(23)8-15(27-3)17-18(11)29-20-21(17,26)19(25)16-13(24)6-10(22)7-14(16)28-20/h4,6-8,20,22-24,26H,5H2,1-3H3/t20-,21+/m1/s1. The third kappa shape index (κ3) is 2.60. The molecule has 0 amide bonds. The number of ether oxygens (including phenoxy) is 3. The number of rotatable bonds is 3. The van der Waals surface area contributed by atoms with Crippen molar-refractivity contribution in [2.75, 3.05) is 7.11 Å². The predicted octanol–water partition coefficient (Wildman–Crippen LogP) is 2.50. The highest BCUT2D eigenvalue weighted by molar-refractivity contribution is 6.09. The molecule has 8 nitrogen and oxygen atoms in total. The Morgan fingerprint density at radius 3 is 2.55 bits per heavy atom. The van der Waals surface area contributed by atoms with Crippen LogP contribution < -0.4 is 14.2 Å². The highest BCUT2D eigenvalue weighted by atomic mass is 16.7. The number of ketones is 1. The second-order valence-corrected chi connectivity index (χ2v) is 7.27. The van der Waals surface area contributed by atoms with E-state index >= 15 is 0 Å². The molecule has 152 valence electrons. The highest BCUT2D eigenvalue weighted by Crippen LogP contribution is 2.56. The van der Waals surface area contributed by atoms with E-state index in [1.807, 2.05) is 19.9 Å². The number of Topliss-reactive ketones (excluding diaryl/α,β-unsaturated/α-hetero) is 1. The van der Waals surface area contributed by atoms with Gasteiger partial charge in [-0.25, -0.2) is 0 Å². The van der Waals surface area contributed by atoms with Crippen molar-refractivity contribution in [3.63, 3.8) is 0 Å². The minimum atomic E-state index is -2.31. The Labute approximate surface area is 166 Å². The van der Waals surface area contributed by atoms with Gasteiger partial charge >= 0.3 is 0 Å². The number of phenols is 3. The van der Waals surface area contributed by atoms with Gasteiger partial charge in [0.25, 0.3) is 6.29 Å². The number of allylic oxidation sites excluding steroid dienone is 2. The van der Waals surface area contributed by atoms with E-state index in [2.05, 4.69) is 0 Å². The molecule has 0 unspecified atom stereocenters. The van der Waals surface area contributed by atoms with Crippen LogP contribution in [0.2, 0.25) is 0 Å². The van der Waals surface area contributed by atoms with Crippen molar-refractivity contribution in [3.05, 3.63) is 46.5 Å². The maximum Gasteiger partial charge on any atom is 0.281 e. The Morgan fingerprint density at radius 2 is 1.90 bits per heavy atom. The molecule has 0 saturated heterocycles. The second-order valence-electron chi connectivity index (χ2n) is 7.27. The summed E-state index contributed by atoms with van der Waals surface area (Å²) in [5, 5.41) is 41.8. The zero-order valence-corrected chi connectivity index (χ0v) is 16.0.